The number of piperidine rings is 1. The Morgan fingerprint density at radius 1 is 1.26 bits per heavy atom. The lowest BCUT2D eigenvalue weighted by atomic mass is 9.67. The van der Waals surface area contributed by atoms with Crippen LogP contribution in [0.3, 0.4) is 0 Å². The van der Waals surface area contributed by atoms with E-state index in [-0.39, 0.29) is 16.9 Å². The van der Waals surface area contributed by atoms with E-state index in [4.69, 9.17) is 0 Å². The molecule has 0 radical (unpaired) electrons. The van der Waals surface area contributed by atoms with Crippen molar-refractivity contribution in [2.24, 2.45) is 10.8 Å². The first kappa shape index (κ1) is 21.0. The average Bonchev–Trinajstić information content (AvgIpc) is 3.17. The van der Waals surface area contributed by atoms with Crippen molar-refractivity contribution in [3.63, 3.8) is 0 Å². The Morgan fingerprint density at radius 2 is 2.03 bits per heavy atom. The molecule has 0 saturated carbocycles. The fraction of sp³-hybridized carbons (Fsp3) is 0.458. The normalized spacial score (nSPS) is 21.8. The number of hydrogen-bond donors (Lipinski definition) is 0. The summed E-state index contributed by atoms with van der Waals surface area (Å²) in [5.41, 5.74) is 2.28. The van der Waals surface area contributed by atoms with E-state index in [9.17, 15) is 10.1 Å². The molecule has 0 aromatic carbocycles. The third-order valence-corrected chi connectivity index (χ3v) is 6.27. The number of nitrogens with zero attached hydrogens (tertiary/aromatic N) is 6. The summed E-state index contributed by atoms with van der Waals surface area (Å²) >= 11 is 0. The maximum absolute atomic E-state index is 13.1. The summed E-state index contributed by atoms with van der Waals surface area (Å²) in [5, 5.41) is 13.7. The topological polar surface area (TPSA) is 87.2 Å². The van der Waals surface area contributed by atoms with Crippen molar-refractivity contribution < 1.29 is 4.79 Å². The number of hydrogen-bond acceptors (Lipinski definition) is 6. The molecular weight excluding hydrogens is 388 g/mol. The Bertz CT molecular complexity index is 1180. The molecule has 4 heterocycles. The van der Waals surface area contributed by atoms with E-state index in [1.807, 2.05) is 37.4 Å². The number of pyridine rings is 1. The van der Waals surface area contributed by atoms with Crippen molar-refractivity contribution in [1.29, 1.82) is 5.26 Å². The monoisotopic (exact) mass is 416 g/mol. The van der Waals surface area contributed by atoms with Gasteiger partial charge in [0.25, 0.3) is 0 Å². The van der Waals surface area contributed by atoms with E-state index in [2.05, 4.69) is 39.9 Å². The lowest BCUT2D eigenvalue weighted by molar-refractivity contribution is -0.137. The van der Waals surface area contributed by atoms with Crippen molar-refractivity contribution in [2.75, 3.05) is 11.4 Å². The number of anilines is 1. The first-order valence-corrected chi connectivity index (χ1v) is 10.6. The predicted octanol–water partition coefficient (Wildman–Crippen LogP) is 4.27. The van der Waals surface area contributed by atoms with Gasteiger partial charge in [0.15, 0.2) is 5.82 Å². The Balaban J connectivity index is 1.68. The molecule has 1 aliphatic rings. The fourth-order valence-corrected chi connectivity index (χ4v) is 4.85. The van der Waals surface area contributed by atoms with E-state index in [0.717, 1.165) is 36.4 Å². The van der Waals surface area contributed by atoms with E-state index in [0.29, 0.717) is 17.0 Å². The molecule has 3 aromatic rings. The number of carbonyl (C=O) groups excluding carboxylic acids is 1. The first-order chi connectivity index (χ1) is 14.6. The van der Waals surface area contributed by atoms with Gasteiger partial charge in [0.1, 0.15) is 17.6 Å². The van der Waals surface area contributed by atoms with E-state index in [1.54, 1.807) is 24.7 Å². The molecule has 1 fully saturated rings. The van der Waals surface area contributed by atoms with Crippen molar-refractivity contribution in [3.8, 4) is 17.5 Å². The van der Waals surface area contributed by atoms with Crippen LogP contribution in [0.4, 0.5) is 5.82 Å². The summed E-state index contributed by atoms with van der Waals surface area (Å²) < 4.78 is 1.83. The molecule has 0 amide bonds. The summed E-state index contributed by atoms with van der Waals surface area (Å²) in [4.78, 5) is 24.4. The van der Waals surface area contributed by atoms with E-state index in [1.165, 1.54) is 0 Å². The Kier molecular flexibility index (Phi) is 5.04. The molecule has 2 atom stereocenters. The second-order valence-electron chi connectivity index (χ2n) is 9.78. The van der Waals surface area contributed by atoms with Gasteiger partial charge in [-0.05, 0) is 44.0 Å². The van der Waals surface area contributed by atoms with Gasteiger partial charge in [-0.2, -0.15) is 10.4 Å². The lowest BCUT2D eigenvalue weighted by Gasteiger charge is -2.45. The molecule has 4 rings (SSSR count). The number of aromatic nitrogens is 4. The van der Waals surface area contributed by atoms with E-state index < -0.39 is 0 Å². The molecule has 31 heavy (non-hydrogen) atoms. The quantitative estimate of drug-likeness (QED) is 0.633. The van der Waals surface area contributed by atoms with Gasteiger partial charge in [-0.1, -0.05) is 27.7 Å². The minimum Gasteiger partial charge on any atom is -0.352 e. The third-order valence-electron chi connectivity index (χ3n) is 6.27. The summed E-state index contributed by atoms with van der Waals surface area (Å²) in [6, 6.07) is 9.72. The van der Waals surface area contributed by atoms with Crippen molar-refractivity contribution >= 4 is 17.1 Å². The second kappa shape index (κ2) is 7.45. The minimum atomic E-state index is -0.347. The summed E-state index contributed by atoms with van der Waals surface area (Å²) in [5.74, 6) is 1.18. The van der Waals surface area contributed by atoms with Gasteiger partial charge in [-0.15, -0.1) is 0 Å². The maximum atomic E-state index is 13.1. The molecule has 0 spiro atoms. The molecule has 0 N–H and O–H groups in total. The van der Waals surface area contributed by atoms with Crippen LogP contribution in [-0.4, -0.2) is 38.0 Å². The predicted molar refractivity (Wildman–Crippen MR) is 120 cm³/mol. The van der Waals surface area contributed by atoms with Gasteiger partial charge in [0.2, 0.25) is 0 Å². The summed E-state index contributed by atoms with van der Waals surface area (Å²) in [7, 11) is 0. The van der Waals surface area contributed by atoms with Gasteiger partial charge < -0.3 is 4.90 Å². The van der Waals surface area contributed by atoms with Crippen molar-refractivity contribution in [1.82, 2.24) is 19.6 Å². The number of nitriles is 1. The number of fused-ring (bicyclic) bond motifs is 1. The average molecular weight is 417 g/mol. The number of ketones is 1. The van der Waals surface area contributed by atoms with Crippen LogP contribution in [0.5, 0.6) is 0 Å². The molecule has 160 valence electrons. The SMILES string of the molecule is C[C@H]1C[C@@](C)(C(=O)C(C)(C)C)CCN1c1ncnn2c(-c3cc(C#N)ccn3)ccc12. The highest BCUT2D eigenvalue weighted by Crippen LogP contribution is 2.42. The Morgan fingerprint density at radius 3 is 2.71 bits per heavy atom. The highest BCUT2D eigenvalue weighted by Gasteiger charge is 2.44. The third kappa shape index (κ3) is 3.67. The van der Waals surface area contributed by atoms with Gasteiger partial charge in [-0.25, -0.2) is 9.50 Å². The van der Waals surface area contributed by atoms with Crippen molar-refractivity contribution in [3.05, 3.63) is 42.4 Å². The highest BCUT2D eigenvalue weighted by molar-refractivity contribution is 5.89. The van der Waals surface area contributed by atoms with Crippen LogP contribution < -0.4 is 4.90 Å². The summed E-state index contributed by atoms with van der Waals surface area (Å²) in [6.45, 7) is 11.0. The molecule has 3 aromatic heterocycles. The van der Waals surface area contributed by atoms with Gasteiger partial charge in [0, 0.05) is 29.6 Å². The second-order valence-corrected chi connectivity index (χ2v) is 9.78. The fourth-order valence-electron chi connectivity index (χ4n) is 4.85. The van der Waals surface area contributed by atoms with Crippen LogP contribution in [0.2, 0.25) is 0 Å². The Labute approximate surface area is 182 Å². The lowest BCUT2D eigenvalue weighted by Crippen LogP contribution is -2.50. The zero-order valence-electron chi connectivity index (χ0n) is 18.8. The number of carbonyl (C=O) groups is 1. The molecular formula is C24H28N6O. The molecule has 0 unspecified atom stereocenters. The number of Topliss-reactive ketones (excluding diaryl/α,β-unsaturated/α-hetero) is 1. The highest BCUT2D eigenvalue weighted by atomic mass is 16.1. The van der Waals surface area contributed by atoms with Crippen LogP contribution in [0, 0.1) is 22.2 Å². The van der Waals surface area contributed by atoms with Gasteiger partial charge in [-0.3, -0.25) is 9.78 Å². The standard InChI is InChI=1S/C24H28N6O/c1-16-13-24(5,22(31)23(2,3)4)9-11-29(16)21-20-7-6-19(30(20)28-15-27-21)18-12-17(14-25)8-10-26-18/h6-8,10,12,15-16H,9,11,13H2,1-5H3/t16-,24-/m0/s1. The molecule has 7 heteroatoms. The zero-order chi connectivity index (χ0) is 22.4. The van der Waals surface area contributed by atoms with Crippen molar-refractivity contribution in [2.45, 2.75) is 53.5 Å². The molecule has 1 aliphatic heterocycles. The largest absolute Gasteiger partial charge is 0.352 e. The molecule has 0 aliphatic carbocycles. The smallest absolute Gasteiger partial charge is 0.156 e. The van der Waals surface area contributed by atoms with Crippen LogP contribution in [0.15, 0.2) is 36.8 Å². The first-order valence-electron chi connectivity index (χ1n) is 10.6. The maximum Gasteiger partial charge on any atom is 0.156 e. The van der Waals surface area contributed by atoms with Crippen LogP contribution in [-0.2, 0) is 4.79 Å². The molecule has 0 bridgehead atoms. The zero-order valence-corrected chi connectivity index (χ0v) is 18.8. The van der Waals surface area contributed by atoms with Gasteiger partial charge >= 0.3 is 0 Å². The number of rotatable bonds is 3. The summed E-state index contributed by atoms with van der Waals surface area (Å²) in [6.07, 6.45) is 4.78. The van der Waals surface area contributed by atoms with E-state index >= 15 is 0 Å². The van der Waals surface area contributed by atoms with Crippen LogP contribution in [0.25, 0.3) is 16.9 Å². The Hall–Kier alpha value is -3.27. The van der Waals surface area contributed by atoms with Crippen LogP contribution in [0.1, 0.15) is 53.0 Å². The molecule has 1 saturated heterocycles. The van der Waals surface area contributed by atoms with Crippen LogP contribution >= 0.6 is 0 Å². The van der Waals surface area contributed by atoms with Gasteiger partial charge in [0.05, 0.1) is 23.0 Å². The minimum absolute atomic E-state index is 0.169. The molecule has 7 nitrogen and oxygen atoms in total.